The van der Waals surface area contributed by atoms with Gasteiger partial charge in [-0.2, -0.15) is 0 Å². The first kappa shape index (κ1) is 20.1. The standard InChI is InChI=1S/C22H25N3O2S/c1-5-19(17-9-6-14(2)7-10-17)23-20(26)13-28-22-25-24-21(27-22)18-11-8-15(3)16(4)12-18/h6-12,19H,5,13H2,1-4H3,(H,23,26)/t19-/m1/s1. The maximum atomic E-state index is 12.4. The molecular weight excluding hydrogens is 370 g/mol. The molecule has 1 amide bonds. The number of amides is 1. The van der Waals surface area contributed by atoms with E-state index in [1.807, 2.05) is 25.1 Å². The zero-order chi connectivity index (χ0) is 20.1. The SMILES string of the molecule is CC[C@@H](NC(=O)CSc1nnc(-c2ccc(C)c(C)c2)o1)c1ccc(C)cc1. The highest BCUT2D eigenvalue weighted by Gasteiger charge is 2.15. The summed E-state index contributed by atoms with van der Waals surface area (Å²) in [6.07, 6.45) is 0.830. The first-order chi connectivity index (χ1) is 13.5. The second-order valence-electron chi connectivity index (χ2n) is 6.90. The average molecular weight is 396 g/mol. The van der Waals surface area contributed by atoms with E-state index in [-0.39, 0.29) is 17.7 Å². The summed E-state index contributed by atoms with van der Waals surface area (Å²) in [6, 6.07) is 14.3. The van der Waals surface area contributed by atoms with Crippen LogP contribution in [-0.2, 0) is 4.79 Å². The van der Waals surface area contributed by atoms with Crippen molar-refractivity contribution in [3.05, 3.63) is 64.7 Å². The highest BCUT2D eigenvalue weighted by atomic mass is 32.2. The second-order valence-corrected chi connectivity index (χ2v) is 7.83. The molecule has 1 heterocycles. The molecule has 146 valence electrons. The third kappa shape index (κ3) is 5.01. The predicted octanol–water partition coefficient (Wildman–Crippen LogP) is 5.02. The Kier molecular flexibility index (Phi) is 6.52. The third-order valence-corrected chi connectivity index (χ3v) is 5.53. The molecular formula is C22H25N3O2S. The molecule has 0 saturated heterocycles. The van der Waals surface area contributed by atoms with Crippen molar-refractivity contribution in [3.63, 3.8) is 0 Å². The monoisotopic (exact) mass is 395 g/mol. The zero-order valence-electron chi connectivity index (χ0n) is 16.7. The molecule has 1 atom stereocenters. The van der Waals surface area contributed by atoms with Crippen molar-refractivity contribution in [2.45, 2.75) is 45.4 Å². The summed E-state index contributed by atoms with van der Waals surface area (Å²) in [5.41, 5.74) is 5.59. The number of hydrogen-bond donors (Lipinski definition) is 1. The third-order valence-electron chi connectivity index (χ3n) is 4.71. The molecule has 0 aliphatic rings. The quantitative estimate of drug-likeness (QED) is 0.569. The Morgan fingerprint density at radius 2 is 1.82 bits per heavy atom. The van der Waals surface area contributed by atoms with Gasteiger partial charge in [0.15, 0.2) is 0 Å². The first-order valence-electron chi connectivity index (χ1n) is 9.36. The van der Waals surface area contributed by atoms with Crippen molar-refractivity contribution < 1.29 is 9.21 Å². The fraction of sp³-hybridized carbons (Fsp3) is 0.318. The number of rotatable bonds is 7. The van der Waals surface area contributed by atoms with Gasteiger partial charge in [0.2, 0.25) is 11.8 Å². The number of carbonyl (C=O) groups excluding carboxylic acids is 1. The lowest BCUT2D eigenvalue weighted by Crippen LogP contribution is -2.29. The van der Waals surface area contributed by atoms with E-state index in [1.165, 1.54) is 28.5 Å². The molecule has 0 fully saturated rings. The van der Waals surface area contributed by atoms with Gasteiger partial charge in [-0.25, -0.2) is 0 Å². The van der Waals surface area contributed by atoms with Crippen molar-refractivity contribution in [1.29, 1.82) is 0 Å². The van der Waals surface area contributed by atoms with Crippen LogP contribution in [0.4, 0.5) is 0 Å². The van der Waals surface area contributed by atoms with Gasteiger partial charge in [0, 0.05) is 5.56 Å². The summed E-state index contributed by atoms with van der Waals surface area (Å²) in [4.78, 5) is 12.4. The number of carbonyl (C=O) groups is 1. The van der Waals surface area contributed by atoms with E-state index in [1.54, 1.807) is 0 Å². The number of nitrogens with zero attached hydrogens (tertiary/aromatic N) is 2. The van der Waals surface area contributed by atoms with Gasteiger partial charge in [-0.3, -0.25) is 4.79 Å². The van der Waals surface area contributed by atoms with Gasteiger partial charge < -0.3 is 9.73 Å². The lowest BCUT2D eigenvalue weighted by Gasteiger charge is -2.17. The van der Waals surface area contributed by atoms with Gasteiger partial charge in [0.05, 0.1) is 11.8 Å². The Morgan fingerprint density at radius 1 is 1.07 bits per heavy atom. The van der Waals surface area contributed by atoms with Crippen molar-refractivity contribution in [2.24, 2.45) is 0 Å². The Bertz CT molecular complexity index is 951. The minimum atomic E-state index is -0.0524. The molecule has 1 N–H and O–H groups in total. The first-order valence-corrected chi connectivity index (χ1v) is 10.3. The molecule has 0 saturated carbocycles. The highest BCUT2D eigenvalue weighted by molar-refractivity contribution is 7.99. The molecule has 0 aliphatic carbocycles. The van der Waals surface area contributed by atoms with Gasteiger partial charge in [0.1, 0.15) is 0 Å². The van der Waals surface area contributed by atoms with Crippen LogP contribution in [0.25, 0.3) is 11.5 Å². The van der Waals surface area contributed by atoms with Gasteiger partial charge in [0.25, 0.3) is 5.22 Å². The summed E-state index contributed by atoms with van der Waals surface area (Å²) in [5, 5.41) is 11.6. The van der Waals surface area contributed by atoms with Crippen LogP contribution in [0.3, 0.4) is 0 Å². The molecule has 6 heteroatoms. The van der Waals surface area contributed by atoms with Crippen LogP contribution in [0.2, 0.25) is 0 Å². The van der Waals surface area contributed by atoms with Crippen LogP contribution in [0, 0.1) is 20.8 Å². The van der Waals surface area contributed by atoms with Gasteiger partial charge in [-0.1, -0.05) is 54.6 Å². The Hall–Kier alpha value is -2.60. The van der Waals surface area contributed by atoms with E-state index >= 15 is 0 Å². The van der Waals surface area contributed by atoms with Crippen LogP contribution in [0.5, 0.6) is 0 Å². The predicted molar refractivity (Wildman–Crippen MR) is 112 cm³/mol. The minimum absolute atomic E-state index is 0.00230. The molecule has 5 nitrogen and oxygen atoms in total. The van der Waals surface area contributed by atoms with Gasteiger partial charge >= 0.3 is 0 Å². The molecule has 2 aromatic carbocycles. The highest BCUT2D eigenvalue weighted by Crippen LogP contribution is 2.25. The lowest BCUT2D eigenvalue weighted by atomic mass is 10.0. The number of benzene rings is 2. The van der Waals surface area contributed by atoms with E-state index in [4.69, 9.17) is 4.42 Å². The summed E-state index contributed by atoms with van der Waals surface area (Å²) >= 11 is 1.25. The van der Waals surface area contributed by atoms with Crippen molar-refractivity contribution in [2.75, 3.05) is 5.75 Å². The summed E-state index contributed by atoms with van der Waals surface area (Å²) in [5.74, 6) is 0.650. The molecule has 0 bridgehead atoms. The minimum Gasteiger partial charge on any atom is -0.411 e. The van der Waals surface area contributed by atoms with E-state index in [9.17, 15) is 4.79 Å². The van der Waals surface area contributed by atoms with Crippen molar-refractivity contribution in [3.8, 4) is 11.5 Å². The number of aromatic nitrogens is 2. The zero-order valence-corrected chi connectivity index (χ0v) is 17.5. The van der Waals surface area contributed by atoms with Crippen LogP contribution >= 0.6 is 11.8 Å². The smallest absolute Gasteiger partial charge is 0.277 e. The molecule has 0 spiro atoms. The van der Waals surface area contributed by atoms with E-state index in [2.05, 4.69) is 60.6 Å². The van der Waals surface area contributed by atoms with Crippen LogP contribution in [0.15, 0.2) is 52.1 Å². The lowest BCUT2D eigenvalue weighted by molar-refractivity contribution is -0.119. The largest absolute Gasteiger partial charge is 0.411 e. The number of aryl methyl sites for hydroxylation is 3. The fourth-order valence-electron chi connectivity index (χ4n) is 2.84. The molecule has 0 aliphatic heterocycles. The van der Waals surface area contributed by atoms with Crippen LogP contribution in [-0.4, -0.2) is 21.9 Å². The fourth-order valence-corrected chi connectivity index (χ4v) is 3.42. The summed E-state index contributed by atoms with van der Waals surface area (Å²) in [7, 11) is 0. The van der Waals surface area contributed by atoms with Crippen LogP contribution in [0.1, 0.15) is 41.6 Å². The van der Waals surface area contributed by atoms with Gasteiger partial charge in [-0.15, -0.1) is 10.2 Å². The molecule has 28 heavy (non-hydrogen) atoms. The summed E-state index contributed by atoms with van der Waals surface area (Å²) < 4.78 is 5.70. The Morgan fingerprint density at radius 3 is 2.50 bits per heavy atom. The van der Waals surface area contributed by atoms with Crippen LogP contribution < -0.4 is 5.32 Å². The maximum absolute atomic E-state index is 12.4. The molecule has 0 unspecified atom stereocenters. The van der Waals surface area contributed by atoms with E-state index in [0.29, 0.717) is 11.1 Å². The maximum Gasteiger partial charge on any atom is 0.277 e. The summed E-state index contributed by atoms with van der Waals surface area (Å²) in [6.45, 7) is 8.22. The Balaban J connectivity index is 1.58. The normalized spacial score (nSPS) is 12.0. The number of thioether (sulfide) groups is 1. The number of nitrogens with one attached hydrogen (secondary N) is 1. The van der Waals surface area contributed by atoms with Crippen molar-refractivity contribution in [1.82, 2.24) is 15.5 Å². The van der Waals surface area contributed by atoms with E-state index in [0.717, 1.165) is 17.5 Å². The molecule has 3 rings (SSSR count). The van der Waals surface area contributed by atoms with Crippen molar-refractivity contribution >= 4 is 17.7 Å². The van der Waals surface area contributed by atoms with E-state index < -0.39 is 0 Å². The second kappa shape index (κ2) is 9.06. The molecule has 3 aromatic rings. The van der Waals surface area contributed by atoms with Gasteiger partial charge in [-0.05, 0) is 56.0 Å². The molecule has 0 radical (unpaired) electrons. The number of hydrogen-bond acceptors (Lipinski definition) is 5. The Labute approximate surface area is 170 Å². The molecule has 1 aromatic heterocycles. The topological polar surface area (TPSA) is 68.0 Å². The average Bonchev–Trinajstić information content (AvgIpc) is 3.16.